The SMILES string of the molecule is CCN1CCCC1CNC(=O)C(=O)Cc1ccc(Cl)c(F)c1. The summed E-state index contributed by atoms with van der Waals surface area (Å²) in [5.74, 6) is -1.77. The summed E-state index contributed by atoms with van der Waals surface area (Å²) in [5.41, 5.74) is 0.443. The average molecular weight is 327 g/mol. The van der Waals surface area contributed by atoms with Crippen molar-refractivity contribution in [2.75, 3.05) is 19.6 Å². The fourth-order valence-corrected chi connectivity index (χ4v) is 2.88. The van der Waals surface area contributed by atoms with Crippen molar-refractivity contribution in [2.24, 2.45) is 0 Å². The van der Waals surface area contributed by atoms with E-state index in [2.05, 4.69) is 17.1 Å². The number of likely N-dealkylation sites (tertiary alicyclic amines) is 1. The van der Waals surface area contributed by atoms with Crippen LogP contribution in [0.25, 0.3) is 0 Å². The molecule has 1 heterocycles. The Hall–Kier alpha value is -1.46. The number of hydrogen-bond donors (Lipinski definition) is 1. The Bertz CT molecular complexity index is 565. The molecule has 1 aliphatic heterocycles. The highest BCUT2D eigenvalue weighted by molar-refractivity contribution is 6.36. The molecule has 1 unspecified atom stereocenters. The summed E-state index contributed by atoms with van der Waals surface area (Å²) >= 11 is 5.59. The predicted octanol–water partition coefficient (Wildman–Crippen LogP) is 2.19. The lowest BCUT2D eigenvalue weighted by molar-refractivity contribution is -0.137. The molecule has 1 N–H and O–H groups in total. The van der Waals surface area contributed by atoms with Gasteiger partial charge < -0.3 is 5.32 Å². The van der Waals surface area contributed by atoms with Gasteiger partial charge in [-0.05, 0) is 43.6 Å². The van der Waals surface area contributed by atoms with Gasteiger partial charge in [0.05, 0.1) is 5.02 Å². The topological polar surface area (TPSA) is 49.4 Å². The number of amides is 1. The third-order valence-corrected chi connectivity index (χ3v) is 4.31. The molecule has 4 nitrogen and oxygen atoms in total. The van der Waals surface area contributed by atoms with E-state index in [1.165, 1.54) is 12.1 Å². The van der Waals surface area contributed by atoms with Crippen molar-refractivity contribution in [3.8, 4) is 0 Å². The van der Waals surface area contributed by atoms with Gasteiger partial charge in [0.15, 0.2) is 0 Å². The van der Waals surface area contributed by atoms with Crippen molar-refractivity contribution in [2.45, 2.75) is 32.2 Å². The monoisotopic (exact) mass is 326 g/mol. The largest absolute Gasteiger partial charge is 0.348 e. The molecule has 0 spiro atoms. The minimum Gasteiger partial charge on any atom is -0.348 e. The molecule has 2 rings (SSSR count). The summed E-state index contributed by atoms with van der Waals surface area (Å²) in [6.07, 6.45) is 2.03. The quantitative estimate of drug-likeness (QED) is 0.815. The molecule has 1 saturated heterocycles. The second-order valence-electron chi connectivity index (χ2n) is 5.48. The summed E-state index contributed by atoms with van der Waals surface area (Å²) in [7, 11) is 0. The zero-order valence-electron chi connectivity index (χ0n) is 12.6. The molecule has 0 aliphatic carbocycles. The lowest BCUT2D eigenvalue weighted by atomic mass is 10.1. The highest BCUT2D eigenvalue weighted by Crippen LogP contribution is 2.17. The zero-order chi connectivity index (χ0) is 16.1. The smallest absolute Gasteiger partial charge is 0.287 e. The van der Waals surface area contributed by atoms with E-state index < -0.39 is 17.5 Å². The van der Waals surface area contributed by atoms with E-state index in [4.69, 9.17) is 11.6 Å². The van der Waals surface area contributed by atoms with Crippen LogP contribution in [0, 0.1) is 5.82 Å². The van der Waals surface area contributed by atoms with Crippen LogP contribution in [0.1, 0.15) is 25.3 Å². The molecule has 1 aromatic carbocycles. The van der Waals surface area contributed by atoms with Gasteiger partial charge in [0.25, 0.3) is 5.91 Å². The number of hydrogen-bond acceptors (Lipinski definition) is 3. The van der Waals surface area contributed by atoms with E-state index in [1.54, 1.807) is 6.07 Å². The van der Waals surface area contributed by atoms with Crippen molar-refractivity contribution in [1.29, 1.82) is 0 Å². The third-order valence-electron chi connectivity index (χ3n) is 4.01. The van der Waals surface area contributed by atoms with Gasteiger partial charge in [-0.1, -0.05) is 24.6 Å². The van der Waals surface area contributed by atoms with Gasteiger partial charge in [-0.3, -0.25) is 14.5 Å². The summed E-state index contributed by atoms with van der Waals surface area (Å²) in [6.45, 7) is 4.54. The molecule has 0 radical (unpaired) electrons. The first kappa shape index (κ1) is 16.9. The first-order valence-electron chi connectivity index (χ1n) is 7.50. The number of Topliss-reactive ketones (excluding diaryl/α,β-unsaturated/α-hetero) is 1. The summed E-state index contributed by atoms with van der Waals surface area (Å²) in [4.78, 5) is 26.0. The van der Waals surface area contributed by atoms with Crippen LogP contribution in [0.4, 0.5) is 4.39 Å². The second kappa shape index (κ2) is 7.70. The van der Waals surface area contributed by atoms with Crippen LogP contribution in [-0.2, 0) is 16.0 Å². The van der Waals surface area contributed by atoms with Gasteiger partial charge in [0, 0.05) is 19.0 Å². The van der Waals surface area contributed by atoms with Crippen molar-refractivity contribution < 1.29 is 14.0 Å². The van der Waals surface area contributed by atoms with Gasteiger partial charge in [-0.2, -0.15) is 0 Å². The fraction of sp³-hybridized carbons (Fsp3) is 0.500. The molecule has 1 atom stereocenters. The Labute approximate surface area is 134 Å². The van der Waals surface area contributed by atoms with Crippen LogP contribution in [0.2, 0.25) is 5.02 Å². The van der Waals surface area contributed by atoms with Crippen molar-refractivity contribution >= 4 is 23.3 Å². The summed E-state index contributed by atoms with van der Waals surface area (Å²) in [6, 6.07) is 4.42. The molecule has 1 aliphatic rings. The number of nitrogens with one attached hydrogen (secondary N) is 1. The Morgan fingerprint density at radius 1 is 1.45 bits per heavy atom. The van der Waals surface area contributed by atoms with E-state index in [-0.39, 0.29) is 11.4 Å². The minimum atomic E-state index is -0.613. The van der Waals surface area contributed by atoms with Crippen molar-refractivity contribution in [1.82, 2.24) is 10.2 Å². The molecule has 120 valence electrons. The van der Waals surface area contributed by atoms with Gasteiger partial charge in [-0.25, -0.2) is 4.39 Å². The number of nitrogens with zero attached hydrogens (tertiary/aromatic N) is 1. The van der Waals surface area contributed by atoms with Crippen LogP contribution in [-0.4, -0.2) is 42.3 Å². The Kier molecular flexibility index (Phi) is 5.91. The molecule has 1 fully saturated rings. The van der Waals surface area contributed by atoms with E-state index in [0.717, 1.165) is 25.9 Å². The van der Waals surface area contributed by atoms with Gasteiger partial charge in [0.1, 0.15) is 5.82 Å². The molecule has 1 amide bonds. The number of halogens is 2. The highest BCUT2D eigenvalue weighted by Gasteiger charge is 2.24. The maximum Gasteiger partial charge on any atom is 0.287 e. The molecule has 1 aromatic rings. The van der Waals surface area contributed by atoms with Gasteiger partial charge in [0.2, 0.25) is 5.78 Å². The second-order valence-corrected chi connectivity index (χ2v) is 5.89. The molecule has 22 heavy (non-hydrogen) atoms. The van der Waals surface area contributed by atoms with Crippen LogP contribution >= 0.6 is 11.6 Å². The van der Waals surface area contributed by atoms with E-state index in [0.29, 0.717) is 18.2 Å². The van der Waals surface area contributed by atoms with E-state index >= 15 is 0 Å². The normalized spacial score (nSPS) is 18.4. The van der Waals surface area contributed by atoms with E-state index in [9.17, 15) is 14.0 Å². The molecular formula is C16H20ClFN2O2. The number of benzene rings is 1. The van der Waals surface area contributed by atoms with Crippen LogP contribution < -0.4 is 5.32 Å². The number of ketones is 1. The molecular weight excluding hydrogens is 307 g/mol. The number of rotatable bonds is 6. The Morgan fingerprint density at radius 3 is 2.91 bits per heavy atom. The van der Waals surface area contributed by atoms with Crippen LogP contribution in [0.3, 0.4) is 0 Å². The fourth-order valence-electron chi connectivity index (χ4n) is 2.77. The Morgan fingerprint density at radius 2 is 2.23 bits per heavy atom. The van der Waals surface area contributed by atoms with Gasteiger partial charge >= 0.3 is 0 Å². The molecule has 0 aromatic heterocycles. The molecule has 6 heteroatoms. The molecule has 0 bridgehead atoms. The number of likely N-dealkylation sites (N-methyl/N-ethyl adjacent to an activating group) is 1. The first-order valence-corrected chi connectivity index (χ1v) is 7.88. The average Bonchev–Trinajstić information content (AvgIpc) is 2.96. The summed E-state index contributed by atoms with van der Waals surface area (Å²) in [5, 5.41) is 2.69. The van der Waals surface area contributed by atoms with E-state index in [1.807, 2.05) is 0 Å². The first-order chi connectivity index (χ1) is 10.5. The maximum atomic E-state index is 13.3. The van der Waals surface area contributed by atoms with Crippen molar-refractivity contribution in [3.05, 3.63) is 34.6 Å². The minimum absolute atomic E-state index is 0.00143. The zero-order valence-corrected chi connectivity index (χ0v) is 13.3. The predicted molar refractivity (Wildman–Crippen MR) is 83.4 cm³/mol. The maximum absolute atomic E-state index is 13.3. The lowest BCUT2D eigenvalue weighted by Crippen LogP contribution is -2.42. The summed E-state index contributed by atoms with van der Waals surface area (Å²) < 4.78 is 13.3. The van der Waals surface area contributed by atoms with Crippen molar-refractivity contribution in [3.63, 3.8) is 0 Å². The standard InChI is InChI=1S/C16H20ClFN2O2/c1-2-20-7-3-4-12(20)10-19-16(22)15(21)9-11-5-6-13(17)14(18)8-11/h5-6,8,12H,2-4,7,9-10H2,1H3,(H,19,22). The Balaban J connectivity index is 1.84. The van der Waals surface area contributed by atoms with Gasteiger partial charge in [-0.15, -0.1) is 0 Å². The lowest BCUT2D eigenvalue weighted by Gasteiger charge is -2.22. The number of carbonyl (C=O) groups excluding carboxylic acids is 2. The molecule has 0 saturated carbocycles. The highest BCUT2D eigenvalue weighted by atomic mass is 35.5. The van der Waals surface area contributed by atoms with Crippen LogP contribution in [0.15, 0.2) is 18.2 Å². The van der Waals surface area contributed by atoms with Crippen LogP contribution in [0.5, 0.6) is 0 Å². The number of carbonyl (C=O) groups is 2. The third kappa shape index (κ3) is 4.27.